The predicted molar refractivity (Wildman–Crippen MR) is 45.7 cm³/mol. The first-order valence-corrected chi connectivity index (χ1v) is 4.19. The van der Waals surface area contributed by atoms with Crippen molar-refractivity contribution in [2.75, 3.05) is 0 Å². The van der Waals surface area contributed by atoms with E-state index in [-0.39, 0.29) is 0 Å². The van der Waals surface area contributed by atoms with Gasteiger partial charge in [0, 0.05) is 11.8 Å². The van der Waals surface area contributed by atoms with Crippen LogP contribution in [0.4, 0.5) is 0 Å². The smallest absolute Gasteiger partial charge is 0.191 e. The Morgan fingerprint density at radius 3 is 2.82 bits per heavy atom. The molecule has 1 rings (SSSR count). The molecule has 0 fully saturated rings. The first-order chi connectivity index (χ1) is 5.34. The van der Waals surface area contributed by atoms with Crippen molar-refractivity contribution in [3.63, 3.8) is 0 Å². The molecule has 0 spiro atoms. The maximum absolute atomic E-state index is 9.19. The second-order valence-electron chi connectivity index (χ2n) is 2.81. The summed E-state index contributed by atoms with van der Waals surface area (Å²) >= 11 is 0. The molecule has 11 heavy (non-hydrogen) atoms. The highest BCUT2D eigenvalue weighted by molar-refractivity contribution is 5.24. The molecule has 0 saturated carbocycles. The minimum Gasteiger partial charge on any atom is -0.494 e. The van der Waals surface area contributed by atoms with E-state index in [1.165, 1.54) is 19.3 Å². The van der Waals surface area contributed by atoms with Gasteiger partial charge >= 0.3 is 0 Å². The van der Waals surface area contributed by atoms with Crippen LogP contribution in [0.5, 0.6) is 5.88 Å². The van der Waals surface area contributed by atoms with Gasteiger partial charge in [-0.25, -0.2) is 0 Å². The first-order valence-electron chi connectivity index (χ1n) is 4.19. The third kappa shape index (κ3) is 2.30. The van der Waals surface area contributed by atoms with Crippen molar-refractivity contribution in [3.05, 3.63) is 17.8 Å². The summed E-state index contributed by atoms with van der Waals surface area (Å²) in [6, 6.07) is 1.94. The van der Waals surface area contributed by atoms with E-state index in [9.17, 15) is 5.11 Å². The van der Waals surface area contributed by atoms with Crippen molar-refractivity contribution >= 4 is 0 Å². The molecule has 0 bridgehead atoms. The van der Waals surface area contributed by atoms with Crippen LogP contribution >= 0.6 is 0 Å². The van der Waals surface area contributed by atoms with Gasteiger partial charge in [0.2, 0.25) is 0 Å². The van der Waals surface area contributed by atoms with Gasteiger partial charge in [-0.2, -0.15) is 0 Å². The quantitative estimate of drug-likeness (QED) is 0.640. The highest BCUT2D eigenvalue weighted by atomic mass is 16.3. The topological polar surface area (TPSA) is 36.0 Å². The van der Waals surface area contributed by atoms with Crippen molar-refractivity contribution in [1.29, 1.82) is 0 Å². The first kappa shape index (κ1) is 8.18. The van der Waals surface area contributed by atoms with Crippen molar-refractivity contribution in [1.82, 2.24) is 4.98 Å². The van der Waals surface area contributed by atoms with Crippen LogP contribution in [0.3, 0.4) is 0 Å². The number of hydrogen-bond acceptors (Lipinski definition) is 1. The predicted octanol–water partition coefficient (Wildman–Crippen LogP) is 2.45. The fraction of sp³-hybridized carbons (Fsp3) is 0.556. The molecule has 2 N–H and O–H groups in total. The highest BCUT2D eigenvalue weighted by Crippen LogP contribution is 2.16. The van der Waals surface area contributed by atoms with Gasteiger partial charge in [-0.05, 0) is 18.9 Å². The van der Waals surface area contributed by atoms with Gasteiger partial charge in [-0.3, -0.25) is 0 Å². The highest BCUT2D eigenvalue weighted by Gasteiger charge is 1.99. The van der Waals surface area contributed by atoms with E-state index in [1.54, 1.807) is 6.20 Å². The van der Waals surface area contributed by atoms with E-state index < -0.39 is 0 Å². The maximum Gasteiger partial charge on any atom is 0.191 e. The fourth-order valence-corrected chi connectivity index (χ4v) is 1.16. The number of aromatic hydroxyl groups is 1. The Hall–Kier alpha value is -0.920. The largest absolute Gasteiger partial charge is 0.494 e. The summed E-state index contributed by atoms with van der Waals surface area (Å²) < 4.78 is 0. The Morgan fingerprint density at radius 2 is 2.27 bits per heavy atom. The minimum atomic E-state index is 0.334. The lowest BCUT2D eigenvalue weighted by Crippen LogP contribution is -1.82. The fourth-order valence-electron chi connectivity index (χ4n) is 1.16. The summed E-state index contributed by atoms with van der Waals surface area (Å²) in [6.45, 7) is 2.18. The van der Waals surface area contributed by atoms with Crippen LogP contribution in [-0.4, -0.2) is 10.1 Å². The molecular formula is C9H15NO. The summed E-state index contributed by atoms with van der Waals surface area (Å²) in [5.74, 6) is 0.334. The molecule has 0 unspecified atom stereocenters. The van der Waals surface area contributed by atoms with Crippen LogP contribution in [0.25, 0.3) is 0 Å². The molecule has 0 aromatic carbocycles. The number of aromatic nitrogens is 1. The standard InChI is InChI=1S/C9H15NO/c1-2-3-4-5-8-6-7-10-9(8)11/h6-7,10-11H,2-5H2,1H3. The molecule has 0 amide bonds. The molecule has 1 aromatic rings. The number of aromatic amines is 1. The summed E-state index contributed by atoms with van der Waals surface area (Å²) in [5.41, 5.74) is 1.04. The molecule has 0 aliphatic rings. The van der Waals surface area contributed by atoms with Crippen LogP contribution < -0.4 is 0 Å². The van der Waals surface area contributed by atoms with Crippen molar-refractivity contribution in [3.8, 4) is 5.88 Å². The Balaban J connectivity index is 2.32. The Bertz CT molecular complexity index is 205. The van der Waals surface area contributed by atoms with Gasteiger partial charge in [-0.1, -0.05) is 19.8 Å². The molecule has 2 nitrogen and oxygen atoms in total. The summed E-state index contributed by atoms with van der Waals surface area (Å²) in [4.78, 5) is 2.75. The van der Waals surface area contributed by atoms with Crippen LogP contribution in [-0.2, 0) is 6.42 Å². The van der Waals surface area contributed by atoms with E-state index in [1.807, 2.05) is 6.07 Å². The van der Waals surface area contributed by atoms with E-state index in [4.69, 9.17) is 0 Å². The lowest BCUT2D eigenvalue weighted by atomic mass is 10.1. The molecule has 0 radical (unpaired) electrons. The number of nitrogens with one attached hydrogen (secondary N) is 1. The number of hydrogen-bond donors (Lipinski definition) is 2. The molecule has 1 aromatic heterocycles. The molecule has 1 heterocycles. The summed E-state index contributed by atoms with van der Waals surface area (Å²) in [6.07, 6.45) is 6.40. The molecular weight excluding hydrogens is 138 g/mol. The van der Waals surface area contributed by atoms with Gasteiger partial charge < -0.3 is 10.1 Å². The summed E-state index contributed by atoms with van der Waals surface area (Å²) in [5, 5.41) is 9.19. The van der Waals surface area contributed by atoms with E-state index in [2.05, 4.69) is 11.9 Å². The van der Waals surface area contributed by atoms with Crippen LogP contribution in [0.15, 0.2) is 12.3 Å². The Kier molecular flexibility index (Phi) is 3.02. The van der Waals surface area contributed by atoms with E-state index in [0.29, 0.717) is 5.88 Å². The number of unbranched alkanes of at least 4 members (excludes halogenated alkanes) is 2. The average molecular weight is 153 g/mol. The van der Waals surface area contributed by atoms with E-state index in [0.717, 1.165) is 12.0 Å². The van der Waals surface area contributed by atoms with Gasteiger partial charge in [-0.15, -0.1) is 0 Å². The number of H-pyrrole nitrogens is 1. The third-order valence-corrected chi connectivity index (χ3v) is 1.86. The lowest BCUT2D eigenvalue weighted by Gasteiger charge is -1.96. The van der Waals surface area contributed by atoms with Crippen LogP contribution in [0.1, 0.15) is 31.7 Å². The van der Waals surface area contributed by atoms with E-state index >= 15 is 0 Å². The normalized spacial score (nSPS) is 10.3. The van der Waals surface area contributed by atoms with Gasteiger partial charge in [0.15, 0.2) is 5.88 Å². The molecule has 0 atom stereocenters. The minimum absolute atomic E-state index is 0.334. The van der Waals surface area contributed by atoms with Gasteiger partial charge in [0.05, 0.1) is 0 Å². The zero-order valence-corrected chi connectivity index (χ0v) is 6.93. The van der Waals surface area contributed by atoms with Crippen LogP contribution in [0.2, 0.25) is 0 Å². The molecule has 0 saturated heterocycles. The molecule has 0 aliphatic heterocycles. The lowest BCUT2D eigenvalue weighted by molar-refractivity contribution is 0.449. The zero-order chi connectivity index (χ0) is 8.10. The SMILES string of the molecule is CCCCCc1cc[nH]c1O. The van der Waals surface area contributed by atoms with Crippen molar-refractivity contribution in [2.45, 2.75) is 32.6 Å². The van der Waals surface area contributed by atoms with Gasteiger partial charge in [0.1, 0.15) is 0 Å². The zero-order valence-electron chi connectivity index (χ0n) is 6.93. The Morgan fingerprint density at radius 1 is 1.45 bits per heavy atom. The summed E-state index contributed by atoms with van der Waals surface area (Å²) in [7, 11) is 0. The molecule has 0 aliphatic carbocycles. The van der Waals surface area contributed by atoms with Crippen molar-refractivity contribution < 1.29 is 5.11 Å². The maximum atomic E-state index is 9.19. The van der Waals surface area contributed by atoms with Crippen molar-refractivity contribution in [2.24, 2.45) is 0 Å². The van der Waals surface area contributed by atoms with Crippen LogP contribution in [0, 0.1) is 0 Å². The number of rotatable bonds is 4. The molecule has 2 heteroatoms. The molecule has 62 valence electrons. The second-order valence-corrected chi connectivity index (χ2v) is 2.81. The average Bonchev–Trinajstić information content (AvgIpc) is 2.37. The second kappa shape index (κ2) is 4.06. The monoisotopic (exact) mass is 153 g/mol. The van der Waals surface area contributed by atoms with Gasteiger partial charge in [0.25, 0.3) is 0 Å². The number of aryl methyl sites for hydroxylation is 1. The Labute approximate surface area is 67.3 Å². The third-order valence-electron chi connectivity index (χ3n) is 1.86.